The summed E-state index contributed by atoms with van der Waals surface area (Å²) >= 11 is 3.63. The molecule has 21 heavy (non-hydrogen) atoms. The molecule has 116 valence electrons. The second kappa shape index (κ2) is 6.72. The summed E-state index contributed by atoms with van der Waals surface area (Å²) < 4.78 is 18.7. The molecule has 0 saturated carbocycles. The largest absolute Gasteiger partial charge is 0.497 e. The predicted molar refractivity (Wildman–Crippen MR) is 90.5 cm³/mol. The van der Waals surface area contributed by atoms with Gasteiger partial charge in [-0.1, -0.05) is 49.7 Å². The molecular formula is C16H24BBrO3. The highest BCUT2D eigenvalue weighted by Gasteiger charge is 2.35. The van der Waals surface area contributed by atoms with E-state index < -0.39 is 0 Å². The molecule has 1 saturated heterocycles. The third-order valence-electron chi connectivity index (χ3n) is 3.56. The van der Waals surface area contributed by atoms with Crippen LogP contribution in [0.1, 0.15) is 46.1 Å². The molecular weight excluding hydrogens is 331 g/mol. The highest BCUT2D eigenvalue weighted by atomic mass is 79.9. The van der Waals surface area contributed by atoms with E-state index >= 15 is 0 Å². The van der Waals surface area contributed by atoms with Gasteiger partial charge in [0.15, 0.2) is 0 Å². The van der Waals surface area contributed by atoms with Gasteiger partial charge in [-0.15, -0.1) is 0 Å². The molecule has 5 heteroatoms. The lowest BCUT2D eigenvalue weighted by Crippen LogP contribution is -2.48. The molecule has 1 aromatic rings. The first-order valence-corrected chi connectivity index (χ1v) is 8.32. The van der Waals surface area contributed by atoms with Crippen LogP contribution in [0.2, 0.25) is 0 Å². The van der Waals surface area contributed by atoms with Gasteiger partial charge in [-0.05, 0) is 24.5 Å². The van der Waals surface area contributed by atoms with E-state index in [1.165, 1.54) is 5.56 Å². The van der Waals surface area contributed by atoms with Crippen molar-refractivity contribution in [2.75, 3.05) is 19.8 Å². The Kier molecular flexibility index (Phi) is 5.39. The molecule has 1 aliphatic heterocycles. The zero-order chi connectivity index (χ0) is 15.6. The van der Waals surface area contributed by atoms with Crippen molar-refractivity contribution in [3.05, 3.63) is 22.2 Å². The molecule has 3 nitrogen and oxygen atoms in total. The minimum absolute atomic E-state index is 0.0680. The average Bonchev–Trinajstić information content (AvgIpc) is 2.39. The topological polar surface area (TPSA) is 27.7 Å². The summed E-state index contributed by atoms with van der Waals surface area (Å²) in [7, 11) is -0.342. The first-order chi connectivity index (χ1) is 9.84. The highest BCUT2D eigenvalue weighted by molar-refractivity contribution is 9.10. The smallest absolute Gasteiger partial charge is 0.494 e. The lowest BCUT2D eigenvalue weighted by Gasteiger charge is -2.33. The number of ether oxygens (including phenoxy) is 1. The van der Waals surface area contributed by atoms with Crippen LogP contribution in [0.3, 0.4) is 0 Å². The molecule has 0 N–H and O–H groups in total. The Bertz CT molecular complexity index is 493. The number of rotatable bonds is 4. The summed E-state index contributed by atoms with van der Waals surface area (Å²) in [5.41, 5.74) is 2.29. The molecule has 0 radical (unpaired) electrons. The van der Waals surface area contributed by atoms with Gasteiger partial charge in [0.25, 0.3) is 0 Å². The van der Waals surface area contributed by atoms with Gasteiger partial charge >= 0.3 is 7.12 Å². The second-order valence-electron chi connectivity index (χ2n) is 6.62. The number of hydrogen-bond acceptors (Lipinski definition) is 3. The fourth-order valence-electron chi connectivity index (χ4n) is 2.37. The summed E-state index contributed by atoms with van der Waals surface area (Å²) in [4.78, 5) is 0. The maximum absolute atomic E-state index is 5.92. The first kappa shape index (κ1) is 16.8. The minimum Gasteiger partial charge on any atom is -0.494 e. The van der Waals surface area contributed by atoms with Crippen LogP contribution < -0.4 is 10.2 Å². The van der Waals surface area contributed by atoms with Crippen LogP contribution in [-0.2, 0) is 9.31 Å². The minimum atomic E-state index is -0.342. The summed E-state index contributed by atoms with van der Waals surface area (Å²) in [5, 5.41) is 0. The van der Waals surface area contributed by atoms with Crippen molar-refractivity contribution in [1.29, 1.82) is 0 Å². The van der Waals surface area contributed by atoms with Gasteiger partial charge in [0.2, 0.25) is 0 Å². The van der Waals surface area contributed by atoms with E-state index in [-0.39, 0.29) is 12.5 Å². The maximum Gasteiger partial charge on any atom is 0.497 e. The van der Waals surface area contributed by atoms with Crippen molar-refractivity contribution in [3.8, 4) is 5.75 Å². The highest BCUT2D eigenvalue weighted by Crippen LogP contribution is 2.29. The van der Waals surface area contributed by atoms with Gasteiger partial charge < -0.3 is 14.0 Å². The number of halogens is 1. The van der Waals surface area contributed by atoms with Crippen LogP contribution in [0.5, 0.6) is 5.75 Å². The van der Waals surface area contributed by atoms with Crippen molar-refractivity contribution >= 4 is 28.5 Å². The van der Waals surface area contributed by atoms with Crippen LogP contribution in [0.4, 0.5) is 0 Å². The monoisotopic (exact) mass is 354 g/mol. The zero-order valence-electron chi connectivity index (χ0n) is 13.5. The van der Waals surface area contributed by atoms with E-state index in [1.807, 2.05) is 13.0 Å². The molecule has 1 aromatic carbocycles. The summed E-state index contributed by atoms with van der Waals surface area (Å²) in [5.74, 6) is 1.26. The van der Waals surface area contributed by atoms with Gasteiger partial charge in [-0.2, -0.15) is 0 Å². The Hall–Kier alpha value is -0.515. The molecule has 2 rings (SSSR count). The van der Waals surface area contributed by atoms with Crippen LogP contribution in [0.15, 0.2) is 16.6 Å². The van der Waals surface area contributed by atoms with Gasteiger partial charge in [0.05, 0.1) is 6.61 Å². The van der Waals surface area contributed by atoms with Crippen molar-refractivity contribution in [3.63, 3.8) is 0 Å². The van der Waals surface area contributed by atoms with Gasteiger partial charge in [-0.25, -0.2) is 0 Å². The van der Waals surface area contributed by atoms with Gasteiger partial charge in [0, 0.05) is 28.6 Å². The third kappa shape index (κ3) is 4.02. The Morgan fingerprint density at radius 2 is 1.90 bits per heavy atom. The summed E-state index contributed by atoms with van der Waals surface area (Å²) in [6, 6.07) is 4.17. The fraction of sp³-hybridized carbons (Fsp3) is 0.625. The van der Waals surface area contributed by atoms with E-state index in [0.717, 1.165) is 15.7 Å². The molecule has 0 aromatic heterocycles. The van der Waals surface area contributed by atoms with Crippen molar-refractivity contribution in [1.82, 2.24) is 0 Å². The SMILES string of the molecule is CCOc1cc(Br)c(C(C)C)cc1B1OCC(C)(C)CO1. The standard InChI is InChI=1S/C16H24BBrO3/c1-6-19-15-8-14(18)12(11(2)3)7-13(15)17-20-9-16(4,5)10-21-17/h7-8,11H,6,9-10H2,1-5H3. The molecule has 0 spiro atoms. The lowest BCUT2D eigenvalue weighted by molar-refractivity contribution is 0.0341. The second-order valence-corrected chi connectivity index (χ2v) is 7.47. The molecule has 0 bridgehead atoms. The molecule has 0 atom stereocenters. The van der Waals surface area contributed by atoms with Crippen molar-refractivity contribution < 1.29 is 14.0 Å². The van der Waals surface area contributed by atoms with Crippen molar-refractivity contribution in [2.45, 2.75) is 40.5 Å². The zero-order valence-corrected chi connectivity index (χ0v) is 15.1. The Labute approximate surface area is 136 Å². The summed E-state index contributed by atoms with van der Waals surface area (Å²) in [6.07, 6.45) is 0. The van der Waals surface area contributed by atoms with E-state index in [0.29, 0.717) is 25.7 Å². The van der Waals surface area contributed by atoms with Crippen molar-refractivity contribution in [2.24, 2.45) is 5.41 Å². The Morgan fingerprint density at radius 1 is 1.29 bits per heavy atom. The van der Waals surface area contributed by atoms with Crippen LogP contribution in [-0.4, -0.2) is 26.9 Å². The van der Waals surface area contributed by atoms with E-state index in [1.54, 1.807) is 0 Å². The normalized spacial score (nSPS) is 18.1. The predicted octanol–water partition coefficient (Wildman–Crippen LogP) is 3.74. The molecule has 0 unspecified atom stereocenters. The molecule has 1 heterocycles. The quantitative estimate of drug-likeness (QED) is 0.771. The van der Waals surface area contributed by atoms with E-state index in [4.69, 9.17) is 14.0 Å². The molecule has 1 aliphatic rings. The average molecular weight is 355 g/mol. The Morgan fingerprint density at radius 3 is 2.43 bits per heavy atom. The maximum atomic E-state index is 5.92. The van der Waals surface area contributed by atoms with Crippen LogP contribution in [0, 0.1) is 5.41 Å². The molecule has 0 amide bonds. The fourth-order valence-corrected chi connectivity index (χ4v) is 3.15. The Balaban J connectivity index is 2.34. The number of benzene rings is 1. The number of hydrogen-bond donors (Lipinski definition) is 0. The summed E-state index contributed by atoms with van der Waals surface area (Å²) in [6.45, 7) is 12.6. The van der Waals surface area contributed by atoms with E-state index in [2.05, 4.69) is 49.7 Å². The van der Waals surface area contributed by atoms with Gasteiger partial charge in [-0.3, -0.25) is 0 Å². The van der Waals surface area contributed by atoms with Crippen LogP contribution in [0.25, 0.3) is 0 Å². The molecule has 0 aliphatic carbocycles. The molecule has 1 fully saturated rings. The third-order valence-corrected chi connectivity index (χ3v) is 4.24. The van der Waals surface area contributed by atoms with Crippen LogP contribution >= 0.6 is 15.9 Å². The van der Waals surface area contributed by atoms with Gasteiger partial charge in [0.1, 0.15) is 5.75 Å². The van der Waals surface area contributed by atoms with E-state index in [9.17, 15) is 0 Å². The lowest BCUT2D eigenvalue weighted by atomic mass is 9.74. The first-order valence-electron chi connectivity index (χ1n) is 7.53.